The summed E-state index contributed by atoms with van der Waals surface area (Å²) in [4.78, 5) is 4.53. The molecule has 2 N–H and O–H groups in total. The summed E-state index contributed by atoms with van der Waals surface area (Å²) >= 11 is 6.08. The van der Waals surface area contributed by atoms with Gasteiger partial charge in [0.15, 0.2) is 5.82 Å². The first kappa shape index (κ1) is 14.2. The number of nitrogen functional groups attached to an aromatic ring is 1. The monoisotopic (exact) mass is 307 g/mol. The Hall–Kier alpha value is -1.75. The molecule has 0 atom stereocenters. The van der Waals surface area contributed by atoms with E-state index >= 15 is 0 Å². The molecule has 0 radical (unpaired) electrons. The molecule has 1 heterocycles. The summed E-state index contributed by atoms with van der Waals surface area (Å²) in [6.07, 6.45) is 6.00. The van der Waals surface area contributed by atoms with E-state index in [9.17, 15) is 0 Å². The third-order valence-corrected chi connectivity index (χ3v) is 4.29. The van der Waals surface area contributed by atoms with E-state index in [2.05, 4.69) is 10.1 Å². The van der Waals surface area contributed by atoms with E-state index in [0.29, 0.717) is 33.8 Å². The van der Waals surface area contributed by atoms with E-state index in [1.54, 1.807) is 19.2 Å². The number of methoxy groups -OCH3 is 1. The topological polar surface area (TPSA) is 74.2 Å². The van der Waals surface area contributed by atoms with Crippen LogP contribution in [0.3, 0.4) is 0 Å². The molecule has 21 heavy (non-hydrogen) atoms. The van der Waals surface area contributed by atoms with E-state index < -0.39 is 0 Å². The Labute approximate surface area is 128 Å². The molecular formula is C15H18ClN3O2. The molecule has 3 rings (SSSR count). The summed E-state index contributed by atoms with van der Waals surface area (Å²) in [5.41, 5.74) is 6.92. The van der Waals surface area contributed by atoms with Crippen LogP contribution in [0.5, 0.6) is 5.75 Å². The van der Waals surface area contributed by atoms with Crippen LogP contribution in [0.25, 0.3) is 11.5 Å². The van der Waals surface area contributed by atoms with Crippen molar-refractivity contribution in [2.45, 2.75) is 38.0 Å². The van der Waals surface area contributed by atoms with Gasteiger partial charge in [0.05, 0.1) is 23.4 Å². The number of benzene rings is 1. The number of nitrogens with two attached hydrogens (primary N) is 1. The van der Waals surface area contributed by atoms with Gasteiger partial charge in [0.1, 0.15) is 5.75 Å². The van der Waals surface area contributed by atoms with Crippen LogP contribution < -0.4 is 10.5 Å². The molecule has 112 valence electrons. The fourth-order valence-corrected chi connectivity index (χ4v) is 2.94. The molecule has 1 aromatic carbocycles. The number of nitrogens with zero attached hydrogens (tertiary/aromatic N) is 2. The predicted octanol–water partition coefficient (Wildman–Crippen LogP) is 4.03. The van der Waals surface area contributed by atoms with Crippen molar-refractivity contribution in [1.29, 1.82) is 0 Å². The number of hydrogen-bond donors (Lipinski definition) is 1. The van der Waals surface area contributed by atoms with Crippen molar-refractivity contribution in [2.24, 2.45) is 0 Å². The van der Waals surface area contributed by atoms with Gasteiger partial charge >= 0.3 is 0 Å². The van der Waals surface area contributed by atoms with Gasteiger partial charge in [0.25, 0.3) is 5.89 Å². The molecule has 1 fully saturated rings. The first-order chi connectivity index (χ1) is 10.2. The fraction of sp³-hybridized carbons (Fsp3) is 0.467. The molecule has 6 heteroatoms. The molecule has 0 bridgehead atoms. The Kier molecular flexibility index (Phi) is 4.01. The number of ether oxygens (including phenoxy) is 1. The highest BCUT2D eigenvalue weighted by Gasteiger charge is 2.23. The van der Waals surface area contributed by atoms with Crippen LogP contribution in [0.2, 0.25) is 5.02 Å². The lowest BCUT2D eigenvalue weighted by atomic mass is 9.89. The van der Waals surface area contributed by atoms with Crippen LogP contribution in [0.1, 0.15) is 43.8 Å². The maximum atomic E-state index is 6.08. The number of halogens is 1. The van der Waals surface area contributed by atoms with Crippen LogP contribution in [-0.4, -0.2) is 17.3 Å². The zero-order valence-electron chi connectivity index (χ0n) is 11.9. The van der Waals surface area contributed by atoms with E-state index in [4.69, 9.17) is 26.6 Å². The lowest BCUT2D eigenvalue weighted by molar-refractivity contribution is 0.382. The van der Waals surface area contributed by atoms with Gasteiger partial charge in [0.2, 0.25) is 0 Å². The highest BCUT2D eigenvalue weighted by molar-refractivity contribution is 6.33. The van der Waals surface area contributed by atoms with E-state index in [0.717, 1.165) is 18.7 Å². The van der Waals surface area contributed by atoms with Crippen LogP contribution in [0.15, 0.2) is 16.7 Å². The zero-order chi connectivity index (χ0) is 14.8. The molecular weight excluding hydrogens is 290 g/mol. The molecule has 0 saturated heterocycles. The minimum atomic E-state index is 0.395. The lowest BCUT2D eigenvalue weighted by Gasteiger charge is -2.17. The van der Waals surface area contributed by atoms with Gasteiger partial charge in [0, 0.05) is 12.0 Å². The van der Waals surface area contributed by atoms with Crippen molar-refractivity contribution in [3.63, 3.8) is 0 Å². The van der Waals surface area contributed by atoms with Crippen molar-refractivity contribution < 1.29 is 9.26 Å². The first-order valence-corrected chi connectivity index (χ1v) is 7.54. The molecule has 0 aliphatic heterocycles. The molecule has 5 nitrogen and oxygen atoms in total. The van der Waals surface area contributed by atoms with Crippen LogP contribution in [0, 0.1) is 0 Å². The minimum Gasteiger partial charge on any atom is -0.496 e. The second kappa shape index (κ2) is 5.93. The molecule has 1 aromatic heterocycles. The van der Waals surface area contributed by atoms with Crippen LogP contribution >= 0.6 is 11.6 Å². The summed E-state index contributed by atoms with van der Waals surface area (Å²) in [6, 6.07) is 3.37. The van der Waals surface area contributed by atoms with Crippen molar-refractivity contribution in [2.75, 3.05) is 12.8 Å². The summed E-state index contributed by atoms with van der Waals surface area (Å²) in [7, 11) is 1.57. The van der Waals surface area contributed by atoms with Crippen LogP contribution in [-0.2, 0) is 0 Å². The molecule has 0 spiro atoms. The van der Waals surface area contributed by atoms with Gasteiger partial charge < -0.3 is 15.0 Å². The predicted molar refractivity (Wildman–Crippen MR) is 81.5 cm³/mol. The first-order valence-electron chi connectivity index (χ1n) is 7.16. The lowest BCUT2D eigenvalue weighted by Crippen LogP contribution is -2.06. The van der Waals surface area contributed by atoms with Crippen molar-refractivity contribution >= 4 is 17.3 Å². The van der Waals surface area contributed by atoms with Gasteiger partial charge in [-0.1, -0.05) is 36.0 Å². The number of aromatic nitrogens is 2. The second-order valence-corrected chi connectivity index (χ2v) is 5.77. The third kappa shape index (κ3) is 2.83. The van der Waals surface area contributed by atoms with Crippen molar-refractivity contribution in [3.05, 3.63) is 23.0 Å². The molecule has 2 aromatic rings. The van der Waals surface area contributed by atoms with Crippen molar-refractivity contribution in [1.82, 2.24) is 10.1 Å². The smallest absolute Gasteiger partial charge is 0.261 e. The molecule has 0 amide bonds. The zero-order valence-corrected chi connectivity index (χ0v) is 12.7. The van der Waals surface area contributed by atoms with E-state index in [1.165, 1.54) is 19.3 Å². The summed E-state index contributed by atoms with van der Waals surface area (Å²) in [5.74, 6) is 2.18. The van der Waals surface area contributed by atoms with Gasteiger partial charge in [-0.2, -0.15) is 4.98 Å². The molecule has 1 saturated carbocycles. The molecule has 1 aliphatic carbocycles. The molecule has 1 aliphatic rings. The SMILES string of the molecule is COc1cc(N)c(Cl)cc1-c1nc(C2CCCCC2)no1. The Morgan fingerprint density at radius 1 is 1.29 bits per heavy atom. The number of anilines is 1. The summed E-state index contributed by atoms with van der Waals surface area (Å²) < 4.78 is 10.7. The quantitative estimate of drug-likeness (QED) is 0.867. The van der Waals surface area contributed by atoms with E-state index in [-0.39, 0.29) is 0 Å². The molecule has 0 unspecified atom stereocenters. The second-order valence-electron chi connectivity index (χ2n) is 5.37. The van der Waals surface area contributed by atoms with Gasteiger partial charge in [-0.15, -0.1) is 0 Å². The Bertz CT molecular complexity index is 636. The fourth-order valence-electron chi connectivity index (χ4n) is 2.78. The Balaban J connectivity index is 1.94. The van der Waals surface area contributed by atoms with Gasteiger partial charge in [-0.3, -0.25) is 0 Å². The highest BCUT2D eigenvalue weighted by atomic mass is 35.5. The normalized spacial score (nSPS) is 16.1. The van der Waals surface area contributed by atoms with Crippen molar-refractivity contribution in [3.8, 4) is 17.2 Å². The standard InChI is InChI=1S/C15H18ClN3O2/c1-20-13-8-12(17)11(16)7-10(13)15-18-14(19-21-15)9-5-3-2-4-6-9/h7-9H,2-6,17H2,1H3. The van der Waals surface area contributed by atoms with Gasteiger partial charge in [-0.05, 0) is 18.9 Å². The number of rotatable bonds is 3. The summed E-state index contributed by atoms with van der Waals surface area (Å²) in [5, 5.41) is 4.58. The third-order valence-electron chi connectivity index (χ3n) is 3.96. The average molecular weight is 308 g/mol. The van der Waals surface area contributed by atoms with Crippen LogP contribution in [0.4, 0.5) is 5.69 Å². The Morgan fingerprint density at radius 2 is 2.05 bits per heavy atom. The van der Waals surface area contributed by atoms with E-state index in [1.807, 2.05) is 0 Å². The summed E-state index contributed by atoms with van der Waals surface area (Å²) in [6.45, 7) is 0. The minimum absolute atomic E-state index is 0.395. The maximum absolute atomic E-state index is 6.08. The van der Waals surface area contributed by atoms with Gasteiger partial charge in [-0.25, -0.2) is 0 Å². The highest BCUT2D eigenvalue weighted by Crippen LogP contribution is 2.37. The number of hydrogen-bond acceptors (Lipinski definition) is 5. The maximum Gasteiger partial charge on any atom is 0.261 e. The Morgan fingerprint density at radius 3 is 2.76 bits per heavy atom. The largest absolute Gasteiger partial charge is 0.496 e. The average Bonchev–Trinajstić information content (AvgIpc) is 3.00.